The van der Waals surface area contributed by atoms with Crippen LogP contribution in [0.4, 0.5) is 5.69 Å². The maximum atomic E-state index is 13.2. The number of carbonyl (C=O) groups is 1. The van der Waals surface area contributed by atoms with Crippen molar-refractivity contribution in [2.75, 3.05) is 18.1 Å². The second-order valence-electron chi connectivity index (χ2n) is 7.24. The monoisotopic (exact) mass is 369 g/mol. The van der Waals surface area contributed by atoms with Crippen molar-refractivity contribution in [1.29, 1.82) is 5.26 Å². The molecule has 0 aromatic heterocycles. The van der Waals surface area contributed by atoms with Gasteiger partial charge in [0, 0.05) is 23.9 Å². The molecule has 4 rings (SSSR count). The van der Waals surface area contributed by atoms with Gasteiger partial charge in [-0.15, -0.1) is 0 Å². The molecule has 0 saturated carbocycles. The Balaban J connectivity index is 1.70. The lowest BCUT2D eigenvalue weighted by Gasteiger charge is -2.41. The predicted molar refractivity (Wildman–Crippen MR) is 112 cm³/mol. The molecule has 1 heterocycles. The van der Waals surface area contributed by atoms with Crippen molar-refractivity contribution in [3.8, 4) is 6.07 Å². The number of benzene rings is 3. The van der Waals surface area contributed by atoms with Crippen molar-refractivity contribution in [1.82, 2.24) is 5.01 Å². The number of rotatable bonds is 3. The Labute approximate surface area is 165 Å². The van der Waals surface area contributed by atoms with Crippen LogP contribution in [0.5, 0.6) is 0 Å². The van der Waals surface area contributed by atoms with Gasteiger partial charge < -0.3 is 0 Å². The number of aryl methyl sites for hydroxylation is 1. The number of anilines is 1. The summed E-state index contributed by atoms with van der Waals surface area (Å²) < 4.78 is 0. The fourth-order valence-corrected chi connectivity index (χ4v) is 3.94. The van der Waals surface area contributed by atoms with E-state index < -0.39 is 0 Å². The molecule has 3 aromatic rings. The summed E-state index contributed by atoms with van der Waals surface area (Å²) in [7, 11) is 0. The van der Waals surface area contributed by atoms with Crippen LogP contribution in [-0.2, 0) is 11.2 Å². The SMILES string of the molecule is Cc1ccccc1CC(=O)N1CCCCN1c1ccc(C#N)c2ccccc12. The molecule has 1 amide bonds. The summed E-state index contributed by atoms with van der Waals surface area (Å²) in [6.07, 6.45) is 2.45. The number of fused-ring (bicyclic) bond motifs is 1. The Bertz CT molecular complexity index is 1070. The Morgan fingerprint density at radius 1 is 0.964 bits per heavy atom. The minimum absolute atomic E-state index is 0.113. The van der Waals surface area contributed by atoms with Crippen LogP contribution in [0.3, 0.4) is 0 Å². The lowest BCUT2D eigenvalue weighted by atomic mass is 10.0. The van der Waals surface area contributed by atoms with E-state index in [0.29, 0.717) is 12.0 Å². The molecule has 1 fully saturated rings. The summed E-state index contributed by atoms with van der Waals surface area (Å²) in [5, 5.41) is 15.4. The van der Waals surface area contributed by atoms with Gasteiger partial charge in [-0.3, -0.25) is 14.8 Å². The van der Waals surface area contributed by atoms with E-state index in [-0.39, 0.29) is 5.91 Å². The van der Waals surface area contributed by atoms with E-state index >= 15 is 0 Å². The number of nitrogens with zero attached hydrogens (tertiary/aromatic N) is 3. The molecule has 140 valence electrons. The molecule has 1 saturated heterocycles. The topological polar surface area (TPSA) is 47.3 Å². The number of hydrogen-bond donors (Lipinski definition) is 0. The first kappa shape index (κ1) is 18.1. The van der Waals surface area contributed by atoms with E-state index in [9.17, 15) is 10.1 Å². The molecular formula is C24H23N3O. The average Bonchev–Trinajstić information content (AvgIpc) is 2.74. The van der Waals surface area contributed by atoms with Crippen LogP contribution in [0.2, 0.25) is 0 Å². The third-order valence-electron chi connectivity index (χ3n) is 5.47. The van der Waals surface area contributed by atoms with Crippen molar-refractivity contribution >= 4 is 22.4 Å². The molecular weight excluding hydrogens is 346 g/mol. The summed E-state index contributed by atoms with van der Waals surface area (Å²) in [6.45, 7) is 3.57. The zero-order valence-electron chi connectivity index (χ0n) is 16.1. The summed E-state index contributed by atoms with van der Waals surface area (Å²) in [6, 6.07) is 22.1. The number of carbonyl (C=O) groups excluding carboxylic acids is 1. The van der Waals surface area contributed by atoms with Gasteiger partial charge in [0.2, 0.25) is 5.91 Å². The van der Waals surface area contributed by atoms with Gasteiger partial charge in [0.15, 0.2) is 0 Å². The van der Waals surface area contributed by atoms with Gasteiger partial charge >= 0.3 is 0 Å². The van der Waals surface area contributed by atoms with Crippen LogP contribution in [0.25, 0.3) is 10.8 Å². The first-order valence-corrected chi connectivity index (χ1v) is 9.73. The number of nitriles is 1. The molecule has 0 atom stereocenters. The third kappa shape index (κ3) is 3.32. The zero-order chi connectivity index (χ0) is 19.5. The molecule has 0 spiro atoms. The van der Waals surface area contributed by atoms with Crippen molar-refractivity contribution in [3.05, 3.63) is 77.4 Å². The van der Waals surface area contributed by atoms with Crippen LogP contribution in [0.1, 0.15) is 29.5 Å². The normalized spacial score (nSPS) is 14.1. The molecule has 4 heteroatoms. The highest BCUT2D eigenvalue weighted by molar-refractivity contribution is 5.98. The standard InChI is InChI=1S/C24H23N3O/c1-18-8-2-3-9-19(18)16-24(28)27-15-7-6-14-26(27)23-13-12-20(17-25)21-10-4-5-11-22(21)23/h2-5,8-13H,6-7,14-16H2,1H3. The second kappa shape index (κ2) is 7.74. The molecule has 0 bridgehead atoms. The minimum atomic E-state index is 0.113. The zero-order valence-corrected chi connectivity index (χ0v) is 16.1. The molecule has 0 radical (unpaired) electrons. The minimum Gasteiger partial charge on any atom is -0.282 e. The van der Waals surface area contributed by atoms with Crippen molar-refractivity contribution in [2.45, 2.75) is 26.2 Å². The fraction of sp³-hybridized carbons (Fsp3) is 0.250. The molecule has 1 aliphatic heterocycles. The molecule has 1 aliphatic rings. The summed E-state index contributed by atoms with van der Waals surface area (Å²) in [4.78, 5) is 13.2. The Kier molecular flexibility index (Phi) is 4.99. The van der Waals surface area contributed by atoms with E-state index in [2.05, 4.69) is 11.1 Å². The van der Waals surface area contributed by atoms with E-state index in [4.69, 9.17) is 0 Å². The highest BCUT2D eigenvalue weighted by Gasteiger charge is 2.26. The maximum Gasteiger partial charge on any atom is 0.245 e. The first-order valence-electron chi connectivity index (χ1n) is 9.73. The van der Waals surface area contributed by atoms with E-state index in [0.717, 1.165) is 53.5 Å². The van der Waals surface area contributed by atoms with Gasteiger partial charge in [-0.1, -0.05) is 48.5 Å². The molecule has 28 heavy (non-hydrogen) atoms. The van der Waals surface area contributed by atoms with Crippen LogP contribution < -0.4 is 5.01 Å². The Morgan fingerprint density at radius 3 is 2.46 bits per heavy atom. The fourth-order valence-electron chi connectivity index (χ4n) is 3.94. The number of hydrogen-bond acceptors (Lipinski definition) is 3. The smallest absolute Gasteiger partial charge is 0.245 e. The van der Waals surface area contributed by atoms with Gasteiger partial charge in [-0.05, 0) is 43.0 Å². The lowest BCUT2D eigenvalue weighted by Crippen LogP contribution is -2.51. The average molecular weight is 369 g/mol. The van der Waals surface area contributed by atoms with Gasteiger partial charge in [0.05, 0.1) is 23.7 Å². The van der Waals surface area contributed by atoms with Gasteiger partial charge in [-0.2, -0.15) is 5.26 Å². The van der Waals surface area contributed by atoms with E-state index in [1.165, 1.54) is 0 Å². The van der Waals surface area contributed by atoms with Crippen LogP contribution >= 0.6 is 0 Å². The van der Waals surface area contributed by atoms with Crippen LogP contribution in [-0.4, -0.2) is 24.0 Å². The van der Waals surface area contributed by atoms with Crippen LogP contribution in [0, 0.1) is 18.3 Å². The number of hydrazine groups is 1. The van der Waals surface area contributed by atoms with E-state index in [1.807, 2.05) is 72.6 Å². The second-order valence-corrected chi connectivity index (χ2v) is 7.24. The third-order valence-corrected chi connectivity index (χ3v) is 5.47. The first-order chi connectivity index (χ1) is 13.7. The van der Waals surface area contributed by atoms with Gasteiger partial charge in [-0.25, -0.2) is 0 Å². The molecule has 0 aliphatic carbocycles. The summed E-state index contributed by atoms with van der Waals surface area (Å²) in [5.74, 6) is 0.113. The summed E-state index contributed by atoms with van der Waals surface area (Å²) >= 11 is 0. The lowest BCUT2D eigenvalue weighted by molar-refractivity contribution is -0.131. The van der Waals surface area contributed by atoms with Crippen LogP contribution in [0.15, 0.2) is 60.7 Å². The largest absolute Gasteiger partial charge is 0.282 e. The molecule has 0 unspecified atom stereocenters. The quantitative estimate of drug-likeness (QED) is 0.677. The molecule has 3 aromatic carbocycles. The predicted octanol–water partition coefficient (Wildman–Crippen LogP) is 4.61. The highest BCUT2D eigenvalue weighted by Crippen LogP contribution is 2.32. The van der Waals surface area contributed by atoms with Gasteiger partial charge in [0.25, 0.3) is 0 Å². The van der Waals surface area contributed by atoms with Crippen molar-refractivity contribution < 1.29 is 4.79 Å². The highest BCUT2D eigenvalue weighted by atomic mass is 16.2. The van der Waals surface area contributed by atoms with E-state index in [1.54, 1.807) is 0 Å². The number of amides is 1. The molecule has 4 nitrogen and oxygen atoms in total. The summed E-state index contributed by atoms with van der Waals surface area (Å²) in [5.41, 5.74) is 3.87. The van der Waals surface area contributed by atoms with Crippen molar-refractivity contribution in [2.24, 2.45) is 0 Å². The maximum absolute atomic E-state index is 13.2. The Hall–Kier alpha value is -3.32. The molecule has 0 N–H and O–H groups in total. The van der Waals surface area contributed by atoms with Crippen molar-refractivity contribution in [3.63, 3.8) is 0 Å². The Morgan fingerprint density at radius 2 is 1.68 bits per heavy atom. The van der Waals surface area contributed by atoms with Gasteiger partial charge in [0.1, 0.15) is 0 Å².